The van der Waals surface area contributed by atoms with E-state index in [4.69, 9.17) is 18.6 Å². The number of rotatable bonds is 4. The van der Waals surface area contributed by atoms with E-state index in [0.717, 1.165) is 0 Å². The third-order valence-corrected chi connectivity index (χ3v) is 6.22. The molecule has 8 nitrogen and oxygen atoms in total. The maximum atomic E-state index is 13.2. The van der Waals surface area contributed by atoms with E-state index in [1.54, 1.807) is 35.4 Å². The van der Waals surface area contributed by atoms with Crippen molar-refractivity contribution in [1.82, 2.24) is 4.90 Å². The first-order valence-corrected chi connectivity index (χ1v) is 10.0. The second kappa shape index (κ2) is 6.37. The molecule has 1 aromatic heterocycles. The zero-order chi connectivity index (χ0) is 20.3. The van der Waals surface area contributed by atoms with E-state index in [1.165, 1.54) is 0 Å². The Labute approximate surface area is 172 Å². The second-order valence-corrected chi connectivity index (χ2v) is 8.02. The molecule has 154 valence electrons. The van der Waals surface area contributed by atoms with Gasteiger partial charge in [-0.15, -0.1) is 0 Å². The summed E-state index contributed by atoms with van der Waals surface area (Å²) in [5.41, 5.74) is -0.147. The molecule has 1 aromatic carbocycles. The number of fused-ring (bicyclic) bond motifs is 2. The van der Waals surface area contributed by atoms with Crippen molar-refractivity contribution < 1.29 is 28.2 Å². The average Bonchev–Trinajstić information content (AvgIpc) is 3.51. The van der Waals surface area contributed by atoms with E-state index in [9.17, 15) is 9.59 Å². The lowest BCUT2D eigenvalue weighted by Crippen LogP contribution is -2.41. The Balaban J connectivity index is 1.23. The predicted octanol–water partition coefficient (Wildman–Crippen LogP) is 1.97. The van der Waals surface area contributed by atoms with Crippen molar-refractivity contribution in [1.29, 1.82) is 0 Å². The summed E-state index contributed by atoms with van der Waals surface area (Å²) in [6.45, 7) is 1.76. The molecule has 4 atom stereocenters. The van der Waals surface area contributed by atoms with Crippen molar-refractivity contribution >= 4 is 17.5 Å². The number of likely N-dealkylation sites (tertiary alicyclic amines) is 1. The number of hydrogen-bond acceptors (Lipinski definition) is 6. The largest absolute Gasteiger partial charge is 0.486 e. The fraction of sp³-hybridized carbons (Fsp3) is 0.364. The van der Waals surface area contributed by atoms with Crippen molar-refractivity contribution in [3.8, 4) is 11.5 Å². The van der Waals surface area contributed by atoms with Crippen LogP contribution in [0.3, 0.4) is 0 Å². The van der Waals surface area contributed by atoms with Crippen LogP contribution < -0.4 is 14.8 Å². The lowest BCUT2D eigenvalue weighted by molar-refractivity contribution is -0.136. The number of nitrogens with one attached hydrogen (secondary N) is 1. The first kappa shape index (κ1) is 17.6. The molecule has 8 heteroatoms. The molecule has 0 saturated carbocycles. The molecule has 6 rings (SSSR count). The molecule has 5 heterocycles. The fourth-order valence-corrected chi connectivity index (χ4v) is 4.95. The highest BCUT2D eigenvalue weighted by molar-refractivity contribution is 5.99. The number of nitrogens with zero attached hydrogens (tertiary/aromatic N) is 1. The van der Waals surface area contributed by atoms with Gasteiger partial charge in [-0.05, 0) is 24.3 Å². The number of hydrogen-bond donors (Lipinski definition) is 1. The predicted molar refractivity (Wildman–Crippen MR) is 104 cm³/mol. The summed E-state index contributed by atoms with van der Waals surface area (Å²) in [6, 6.07) is 8.91. The third-order valence-electron chi connectivity index (χ3n) is 6.22. The van der Waals surface area contributed by atoms with Crippen LogP contribution in [0.1, 0.15) is 5.76 Å². The second-order valence-electron chi connectivity index (χ2n) is 8.02. The average molecular weight is 408 g/mol. The Kier molecular flexibility index (Phi) is 3.73. The molecule has 2 saturated heterocycles. The molecule has 2 unspecified atom stereocenters. The number of furan rings is 1. The van der Waals surface area contributed by atoms with Crippen LogP contribution in [0, 0.1) is 11.8 Å². The molecular weight excluding hydrogens is 388 g/mol. The molecule has 2 bridgehead atoms. The monoisotopic (exact) mass is 408 g/mol. The van der Waals surface area contributed by atoms with Gasteiger partial charge in [0.2, 0.25) is 11.8 Å². The smallest absolute Gasteiger partial charge is 0.231 e. The van der Waals surface area contributed by atoms with Crippen molar-refractivity contribution in [2.24, 2.45) is 11.8 Å². The van der Waals surface area contributed by atoms with Crippen LogP contribution in [0.5, 0.6) is 11.5 Å². The number of anilines is 1. The summed E-state index contributed by atoms with van der Waals surface area (Å²) in [5, 5.41) is 2.93. The number of amides is 2. The Bertz CT molecular complexity index is 1050. The van der Waals surface area contributed by atoms with E-state index in [2.05, 4.69) is 5.32 Å². The highest BCUT2D eigenvalue weighted by Gasteiger charge is 2.66. The van der Waals surface area contributed by atoms with E-state index in [-0.39, 0.29) is 11.8 Å². The van der Waals surface area contributed by atoms with Crippen LogP contribution in [0.25, 0.3) is 0 Å². The minimum Gasteiger partial charge on any atom is -0.486 e. The van der Waals surface area contributed by atoms with Crippen molar-refractivity contribution in [2.75, 3.05) is 25.1 Å². The van der Waals surface area contributed by atoms with Crippen molar-refractivity contribution in [2.45, 2.75) is 18.2 Å². The molecular formula is C22H20N2O6. The molecule has 4 aliphatic heterocycles. The molecule has 30 heavy (non-hydrogen) atoms. The minimum atomic E-state index is -0.747. The SMILES string of the molecule is O=C(Nc1ccc2c(c1)OCCO2)C1C2C(=O)N(Cc3ccco3)C[C@]23C=C[C@@H]1O3. The van der Waals surface area contributed by atoms with Crippen LogP contribution >= 0.6 is 0 Å². The molecule has 4 aliphatic rings. The molecule has 1 N–H and O–H groups in total. The van der Waals surface area contributed by atoms with Gasteiger partial charge in [-0.25, -0.2) is 0 Å². The molecule has 2 fully saturated rings. The molecule has 1 spiro atoms. The van der Waals surface area contributed by atoms with Crippen LogP contribution in [0.15, 0.2) is 53.2 Å². The van der Waals surface area contributed by atoms with Gasteiger partial charge in [-0.2, -0.15) is 0 Å². The molecule has 0 aliphatic carbocycles. The number of carbonyl (C=O) groups excluding carboxylic acids is 2. The Morgan fingerprint density at radius 3 is 2.90 bits per heavy atom. The first-order chi connectivity index (χ1) is 14.6. The third kappa shape index (κ3) is 2.56. The van der Waals surface area contributed by atoms with Gasteiger partial charge in [0.25, 0.3) is 0 Å². The number of ether oxygens (including phenoxy) is 3. The zero-order valence-electron chi connectivity index (χ0n) is 16.1. The fourth-order valence-electron chi connectivity index (χ4n) is 4.95. The number of benzene rings is 1. The van der Waals surface area contributed by atoms with Crippen LogP contribution in [0.2, 0.25) is 0 Å². The standard InChI is InChI=1S/C22H20N2O6/c25-20(23-13-3-4-15-17(10-13)29-9-8-28-15)18-16-5-6-22(30-16)12-24(21(26)19(18)22)11-14-2-1-7-27-14/h1-7,10,16,18-19H,8-9,11-12H2,(H,23,25)/t16-,18?,19?,22+/m0/s1. The first-order valence-electron chi connectivity index (χ1n) is 10.0. The van der Waals surface area contributed by atoms with Crippen molar-refractivity contribution in [3.63, 3.8) is 0 Å². The van der Waals surface area contributed by atoms with Gasteiger partial charge < -0.3 is 28.8 Å². The summed E-state index contributed by atoms with van der Waals surface area (Å²) < 4.78 is 22.7. The molecule has 0 radical (unpaired) electrons. The van der Waals surface area contributed by atoms with Crippen LogP contribution in [-0.2, 0) is 20.9 Å². The minimum absolute atomic E-state index is 0.0828. The summed E-state index contributed by atoms with van der Waals surface area (Å²) in [5.74, 6) is 0.513. The van der Waals surface area contributed by atoms with E-state index in [0.29, 0.717) is 49.2 Å². The van der Waals surface area contributed by atoms with Crippen LogP contribution in [-0.4, -0.2) is 48.2 Å². The van der Waals surface area contributed by atoms with Gasteiger partial charge in [0.05, 0.1) is 37.3 Å². The lowest BCUT2D eigenvalue weighted by Gasteiger charge is -2.24. The molecule has 2 amide bonds. The number of carbonyl (C=O) groups is 2. The van der Waals surface area contributed by atoms with Gasteiger partial charge in [0.1, 0.15) is 24.6 Å². The topological polar surface area (TPSA) is 90.2 Å². The molecule has 2 aromatic rings. The van der Waals surface area contributed by atoms with Gasteiger partial charge in [0, 0.05) is 11.8 Å². The van der Waals surface area contributed by atoms with Crippen molar-refractivity contribution in [3.05, 3.63) is 54.5 Å². The van der Waals surface area contributed by atoms with Gasteiger partial charge in [-0.3, -0.25) is 9.59 Å². The Morgan fingerprint density at radius 2 is 2.07 bits per heavy atom. The Morgan fingerprint density at radius 1 is 1.20 bits per heavy atom. The van der Waals surface area contributed by atoms with E-state index >= 15 is 0 Å². The Hall–Kier alpha value is -3.26. The van der Waals surface area contributed by atoms with E-state index in [1.807, 2.05) is 18.2 Å². The summed E-state index contributed by atoms with van der Waals surface area (Å²) in [7, 11) is 0. The van der Waals surface area contributed by atoms with Gasteiger partial charge >= 0.3 is 0 Å². The zero-order valence-corrected chi connectivity index (χ0v) is 16.1. The maximum Gasteiger partial charge on any atom is 0.231 e. The lowest BCUT2D eigenvalue weighted by atomic mass is 9.77. The van der Waals surface area contributed by atoms with Crippen LogP contribution in [0.4, 0.5) is 5.69 Å². The summed E-state index contributed by atoms with van der Waals surface area (Å²) in [4.78, 5) is 28.1. The highest BCUT2D eigenvalue weighted by atomic mass is 16.6. The summed E-state index contributed by atoms with van der Waals surface area (Å²) in [6.07, 6.45) is 5.02. The van der Waals surface area contributed by atoms with E-state index < -0.39 is 23.5 Å². The quantitative estimate of drug-likeness (QED) is 0.778. The highest BCUT2D eigenvalue weighted by Crippen LogP contribution is 2.52. The normalized spacial score (nSPS) is 30.6. The van der Waals surface area contributed by atoms with Gasteiger partial charge in [-0.1, -0.05) is 12.2 Å². The maximum absolute atomic E-state index is 13.2. The van der Waals surface area contributed by atoms with Gasteiger partial charge in [0.15, 0.2) is 11.5 Å². The summed E-state index contributed by atoms with van der Waals surface area (Å²) >= 11 is 0.